The molecule has 0 aliphatic heterocycles. The van der Waals surface area contributed by atoms with E-state index < -0.39 is 34.3 Å². The van der Waals surface area contributed by atoms with E-state index in [0.717, 1.165) is 0 Å². The SMILES string of the molecule is C=C(C)C(=O)OCCC[Si](O)(O[SiH2]C(C)=CC)O[SiH2]C(C)=CC. The standard InChI is InChI=1S/C15H30O5Si3/c1-7-13(5)21-19-23(17,20-22-14(6)8-2)11-9-10-18-15(16)12(3)4/h7-8,17H,3,9-11,21-22H2,1-2,4-6H3. The van der Waals surface area contributed by atoms with Crippen LogP contribution in [-0.4, -0.2) is 45.7 Å². The average Bonchev–Trinajstić information content (AvgIpc) is 2.54. The van der Waals surface area contributed by atoms with Gasteiger partial charge in [-0.3, -0.25) is 0 Å². The van der Waals surface area contributed by atoms with Crippen LogP contribution in [0.2, 0.25) is 6.04 Å². The molecule has 0 aliphatic rings. The molecule has 0 aliphatic carbocycles. The molecule has 0 fully saturated rings. The van der Waals surface area contributed by atoms with Gasteiger partial charge in [-0.05, 0) is 41.0 Å². The third-order valence-corrected chi connectivity index (χ3v) is 10.7. The van der Waals surface area contributed by atoms with Crippen molar-refractivity contribution in [1.29, 1.82) is 0 Å². The zero-order valence-corrected chi connectivity index (χ0v) is 18.8. The van der Waals surface area contributed by atoms with Gasteiger partial charge in [0, 0.05) is 11.6 Å². The zero-order valence-electron chi connectivity index (χ0n) is 15.0. The number of esters is 1. The number of hydrogen-bond acceptors (Lipinski definition) is 5. The fourth-order valence-electron chi connectivity index (χ4n) is 1.39. The molecule has 0 unspecified atom stereocenters. The molecule has 0 radical (unpaired) electrons. The molecule has 0 amide bonds. The Labute approximate surface area is 145 Å². The molecule has 0 atom stereocenters. The predicted molar refractivity (Wildman–Crippen MR) is 101 cm³/mol. The lowest BCUT2D eigenvalue weighted by atomic mass is 10.4. The highest BCUT2D eigenvalue weighted by atomic mass is 28.4. The molecule has 1 N–H and O–H groups in total. The molecule has 0 saturated heterocycles. The molecule has 0 aromatic heterocycles. The Bertz CT molecular complexity index is 438. The second-order valence-corrected chi connectivity index (χ2v) is 12.6. The quantitative estimate of drug-likeness (QED) is 0.257. The van der Waals surface area contributed by atoms with Crippen molar-refractivity contribution in [3.05, 3.63) is 34.7 Å². The van der Waals surface area contributed by atoms with Crippen LogP contribution in [0.3, 0.4) is 0 Å². The first-order valence-corrected chi connectivity index (χ1v) is 12.3. The molecule has 0 rings (SSSR count). The molecule has 0 aromatic carbocycles. The van der Waals surface area contributed by atoms with E-state index >= 15 is 0 Å². The Morgan fingerprint density at radius 2 is 1.61 bits per heavy atom. The first-order valence-electron chi connectivity index (χ1n) is 7.80. The highest BCUT2D eigenvalue weighted by Gasteiger charge is 2.35. The van der Waals surface area contributed by atoms with Gasteiger partial charge in [0.1, 0.15) is 0 Å². The van der Waals surface area contributed by atoms with Crippen LogP contribution < -0.4 is 0 Å². The number of carbonyl (C=O) groups is 1. The molecule has 0 aromatic rings. The van der Waals surface area contributed by atoms with E-state index in [9.17, 15) is 9.59 Å². The summed E-state index contributed by atoms with van der Waals surface area (Å²) in [4.78, 5) is 22.1. The van der Waals surface area contributed by atoms with Crippen LogP contribution in [0, 0.1) is 0 Å². The summed E-state index contributed by atoms with van der Waals surface area (Å²) >= 11 is 0. The maximum Gasteiger partial charge on any atom is 0.477 e. The molecule has 0 bridgehead atoms. The maximum absolute atomic E-state index is 11.3. The van der Waals surface area contributed by atoms with Gasteiger partial charge in [0.15, 0.2) is 19.5 Å². The highest BCUT2D eigenvalue weighted by Crippen LogP contribution is 2.14. The summed E-state index contributed by atoms with van der Waals surface area (Å²) in [5.41, 5.74) is 0.372. The van der Waals surface area contributed by atoms with Crippen LogP contribution in [0.4, 0.5) is 0 Å². The molecule has 0 saturated carbocycles. The lowest BCUT2D eigenvalue weighted by Crippen LogP contribution is -2.45. The van der Waals surface area contributed by atoms with Crippen molar-refractivity contribution in [3.63, 3.8) is 0 Å². The van der Waals surface area contributed by atoms with E-state index in [1.165, 1.54) is 10.4 Å². The van der Waals surface area contributed by atoms with E-state index in [0.29, 0.717) is 18.0 Å². The Kier molecular flexibility index (Phi) is 11.3. The first-order chi connectivity index (χ1) is 10.7. The van der Waals surface area contributed by atoms with Crippen LogP contribution >= 0.6 is 0 Å². The fourth-order valence-corrected chi connectivity index (χ4v) is 8.18. The summed E-state index contributed by atoms with van der Waals surface area (Å²) in [7, 11) is -5.09. The second-order valence-electron chi connectivity index (χ2n) is 5.58. The summed E-state index contributed by atoms with van der Waals surface area (Å²) in [5.74, 6) is -0.407. The van der Waals surface area contributed by atoms with Crippen molar-refractivity contribution in [3.8, 4) is 0 Å². The van der Waals surface area contributed by atoms with Gasteiger partial charge < -0.3 is 17.8 Å². The molecule has 132 valence electrons. The minimum Gasteiger partial charge on any atom is -0.462 e. The molecule has 0 spiro atoms. The molecule has 23 heavy (non-hydrogen) atoms. The highest BCUT2D eigenvalue weighted by molar-refractivity contribution is 6.71. The summed E-state index contributed by atoms with van der Waals surface area (Å²) in [6.45, 7) is 13.3. The lowest BCUT2D eigenvalue weighted by Gasteiger charge is -2.25. The smallest absolute Gasteiger partial charge is 0.462 e. The zero-order chi connectivity index (χ0) is 17.9. The van der Waals surface area contributed by atoms with Gasteiger partial charge in [0.25, 0.3) is 0 Å². The summed E-state index contributed by atoms with van der Waals surface area (Å²) in [6, 6.07) is 0.407. The van der Waals surface area contributed by atoms with Crippen LogP contribution in [0.25, 0.3) is 0 Å². The fraction of sp³-hybridized carbons (Fsp3) is 0.533. The van der Waals surface area contributed by atoms with Gasteiger partial charge in [-0.15, -0.1) is 0 Å². The van der Waals surface area contributed by atoms with Crippen LogP contribution in [-0.2, 0) is 17.8 Å². The normalized spacial score (nSPS) is 16.3. The predicted octanol–water partition coefficient (Wildman–Crippen LogP) is 1.48. The largest absolute Gasteiger partial charge is 0.477 e. The maximum atomic E-state index is 11.3. The molecular weight excluding hydrogens is 344 g/mol. The van der Waals surface area contributed by atoms with Crippen molar-refractivity contribution in [2.24, 2.45) is 0 Å². The topological polar surface area (TPSA) is 65.0 Å². The van der Waals surface area contributed by atoms with Crippen molar-refractivity contribution in [1.82, 2.24) is 0 Å². The van der Waals surface area contributed by atoms with Crippen molar-refractivity contribution >= 4 is 34.3 Å². The number of hydrogen-bond donors (Lipinski definition) is 1. The van der Waals surface area contributed by atoms with Gasteiger partial charge in [-0.1, -0.05) is 29.1 Å². The third-order valence-electron chi connectivity index (χ3n) is 3.26. The van der Waals surface area contributed by atoms with E-state index in [-0.39, 0.29) is 6.61 Å². The number of allylic oxidation sites excluding steroid dienone is 4. The Balaban J connectivity index is 4.51. The van der Waals surface area contributed by atoms with E-state index in [1.54, 1.807) is 6.92 Å². The number of ether oxygens (including phenoxy) is 1. The minimum atomic E-state index is -3.18. The monoisotopic (exact) mass is 374 g/mol. The van der Waals surface area contributed by atoms with Gasteiger partial charge in [-0.25, -0.2) is 4.79 Å². The molecule has 5 nitrogen and oxygen atoms in total. The number of carbonyl (C=O) groups excluding carboxylic acids is 1. The van der Waals surface area contributed by atoms with Crippen molar-refractivity contribution in [2.75, 3.05) is 6.61 Å². The third kappa shape index (κ3) is 10.6. The molecule has 0 heterocycles. The summed E-state index contributed by atoms with van der Waals surface area (Å²) < 4.78 is 16.7. The first kappa shape index (κ1) is 22.2. The van der Waals surface area contributed by atoms with Crippen LogP contribution in [0.5, 0.6) is 0 Å². The Hall–Kier alpha value is -0.779. The summed E-state index contributed by atoms with van der Waals surface area (Å²) in [5, 5.41) is 2.36. The van der Waals surface area contributed by atoms with Crippen LogP contribution in [0.15, 0.2) is 34.7 Å². The van der Waals surface area contributed by atoms with E-state index in [1.807, 2.05) is 39.8 Å². The molecule has 8 heteroatoms. The van der Waals surface area contributed by atoms with Crippen molar-refractivity contribution < 1.29 is 22.6 Å². The van der Waals surface area contributed by atoms with E-state index in [4.69, 9.17) is 13.0 Å². The van der Waals surface area contributed by atoms with E-state index in [2.05, 4.69) is 6.58 Å². The Morgan fingerprint density at radius 3 is 2.00 bits per heavy atom. The van der Waals surface area contributed by atoms with Gasteiger partial charge >= 0.3 is 14.8 Å². The minimum absolute atomic E-state index is 0.238. The van der Waals surface area contributed by atoms with Gasteiger partial charge in [0.2, 0.25) is 0 Å². The van der Waals surface area contributed by atoms with Gasteiger partial charge in [-0.2, -0.15) is 0 Å². The molecular formula is C15H30O5Si3. The summed E-state index contributed by atoms with van der Waals surface area (Å²) in [6.07, 6.45) is 4.53. The Morgan fingerprint density at radius 1 is 1.13 bits per heavy atom. The van der Waals surface area contributed by atoms with Crippen LogP contribution in [0.1, 0.15) is 41.0 Å². The van der Waals surface area contributed by atoms with Gasteiger partial charge in [0.05, 0.1) is 6.61 Å². The second kappa shape index (κ2) is 11.7. The number of rotatable bonds is 11. The average molecular weight is 375 g/mol. The van der Waals surface area contributed by atoms with Crippen molar-refractivity contribution in [2.45, 2.75) is 47.1 Å². The lowest BCUT2D eigenvalue weighted by molar-refractivity contribution is -0.138.